The zero-order chi connectivity index (χ0) is 19.4. The van der Waals surface area contributed by atoms with Gasteiger partial charge in [-0.2, -0.15) is 0 Å². The van der Waals surface area contributed by atoms with E-state index in [1.54, 1.807) is 10.5 Å². The van der Waals surface area contributed by atoms with Gasteiger partial charge in [-0.1, -0.05) is 22.9 Å². The van der Waals surface area contributed by atoms with Crippen molar-refractivity contribution >= 4 is 45.0 Å². The van der Waals surface area contributed by atoms with Gasteiger partial charge >= 0.3 is 0 Å². The zero-order valence-electron chi connectivity index (χ0n) is 15.2. The van der Waals surface area contributed by atoms with Crippen LogP contribution in [0.3, 0.4) is 0 Å². The Morgan fingerprint density at radius 2 is 1.82 bits per heavy atom. The highest BCUT2D eigenvalue weighted by Crippen LogP contribution is 2.24. The van der Waals surface area contributed by atoms with Crippen molar-refractivity contribution in [2.24, 2.45) is 0 Å². The third kappa shape index (κ3) is 2.75. The summed E-state index contributed by atoms with van der Waals surface area (Å²) in [5.74, 6) is 1.36. The molecule has 3 aromatic heterocycles. The maximum Gasteiger partial charge on any atom is 0.275 e. The third-order valence-corrected chi connectivity index (χ3v) is 6.10. The quantitative estimate of drug-likeness (QED) is 0.415. The van der Waals surface area contributed by atoms with Gasteiger partial charge < -0.3 is 4.42 Å². The van der Waals surface area contributed by atoms with Gasteiger partial charge in [0, 0.05) is 16.7 Å². The van der Waals surface area contributed by atoms with Crippen LogP contribution >= 0.6 is 22.9 Å². The van der Waals surface area contributed by atoms with E-state index in [1.807, 2.05) is 55.5 Å². The SMILES string of the molecule is Cc1cc2nc3s/c(=C\c4ccc(-c5ccc(Cl)cc5)o4)c(=O)n3c2cc1C. The molecule has 2 aromatic carbocycles. The summed E-state index contributed by atoms with van der Waals surface area (Å²) in [5.41, 5.74) is 4.87. The van der Waals surface area contributed by atoms with Crippen LogP contribution in [0.25, 0.3) is 33.4 Å². The standard InChI is InChI=1S/C22H15ClN2O2S/c1-12-9-17-18(10-13(12)2)25-21(26)20(28-22(25)24-17)11-16-7-8-19(27-16)14-3-5-15(23)6-4-14/h3-11H,1-2H3/b20-11-. The lowest BCUT2D eigenvalue weighted by molar-refractivity contribution is 0.571. The average Bonchev–Trinajstić information content (AvgIpc) is 3.34. The summed E-state index contributed by atoms with van der Waals surface area (Å²) in [6.07, 6.45) is 1.77. The number of rotatable bonds is 2. The normalized spacial score (nSPS) is 12.5. The summed E-state index contributed by atoms with van der Waals surface area (Å²) in [6, 6.07) is 15.2. The van der Waals surface area contributed by atoms with Crippen LogP contribution in [0.5, 0.6) is 0 Å². The highest BCUT2D eigenvalue weighted by Gasteiger charge is 2.13. The molecule has 0 saturated carbocycles. The fourth-order valence-corrected chi connectivity index (χ4v) is 4.34. The van der Waals surface area contributed by atoms with Crippen LogP contribution < -0.4 is 10.1 Å². The molecule has 0 unspecified atom stereocenters. The molecule has 0 bridgehead atoms. The van der Waals surface area contributed by atoms with Gasteiger partial charge in [-0.25, -0.2) is 9.38 Å². The Kier molecular flexibility index (Phi) is 3.89. The van der Waals surface area contributed by atoms with Gasteiger partial charge in [-0.15, -0.1) is 0 Å². The molecule has 0 saturated heterocycles. The Morgan fingerprint density at radius 1 is 1.07 bits per heavy atom. The first-order chi connectivity index (χ1) is 13.5. The van der Waals surface area contributed by atoms with Crippen LogP contribution in [-0.4, -0.2) is 9.38 Å². The highest BCUT2D eigenvalue weighted by atomic mass is 35.5. The summed E-state index contributed by atoms with van der Waals surface area (Å²) in [5, 5.41) is 0.678. The minimum atomic E-state index is -0.0739. The summed E-state index contributed by atoms with van der Waals surface area (Å²) in [4.78, 5) is 18.3. The van der Waals surface area contributed by atoms with Crippen LogP contribution in [0.4, 0.5) is 0 Å². The minimum Gasteiger partial charge on any atom is -0.457 e. The van der Waals surface area contributed by atoms with E-state index in [0.29, 0.717) is 20.3 Å². The van der Waals surface area contributed by atoms with Crippen molar-refractivity contribution in [3.8, 4) is 11.3 Å². The van der Waals surface area contributed by atoms with Gasteiger partial charge in [0.1, 0.15) is 16.1 Å². The topological polar surface area (TPSA) is 47.5 Å². The zero-order valence-corrected chi connectivity index (χ0v) is 16.8. The monoisotopic (exact) mass is 406 g/mol. The summed E-state index contributed by atoms with van der Waals surface area (Å²) < 4.78 is 8.18. The van der Waals surface area contributed by atoms with E-state index in [2.05, 4.69) is 11.9 Å². The molecule has 3 heterocycles. The molecule has 0 N–H and O–H groups in total. The number of hydrogen-bond acceptors (Lipinski definition) is 4. The van der Waals surface area contributed by atoms with E-state index in [0.717, 1.165) is 27.9 Å². The first kappa shape index (κ1) is 17.2. The van der Waals surface area contributed by atoms with Crippen molar-refractivity contribution in [2.45, 2.75) is 13.8 Å². The predicted octanol–water partition coefficient (Wildman–Crippen LogP) is 4.99. The van der Waals surface area contributed by atoms with Gasteiger partial charge in [0.05, 0.1) is 11.0 Å². The van der Waals surface area contributed by atoms with Crippen LogP contribution in [-0.2, 0) is 0 Å². The lowest BCUT2D eigenvalue weighted by atomic mass is 10.1. The van der Waals surface area contributed by atoms with Crippen molar-refractivity contribution in [1.82, 2.24) is 9.38 Å². The van der Waals surface area contributed by atoms with Crippen molar-refractivity contribution in [3.63, 3.8) is 0 Å². The van der Waals surface area contributed by atoms with E-state index in [4.69, 9.17) is 16.0 Å². The smallest absolute Gasteiger partial charge is 0.275 e. The largest absolute Gasteiger partial charge is 0.457 e. The molecule has 0 fully saturated rings. The van der Waals surface area contributed by atoms with Gasteiger partial charge in [0.15, 0.2) is 4.96 Å². The number of fused-ring (bicyclic) bond motifs is 3. The molecule has 5 aromatic rings. The maximum atomic E-state index is 13.0. The number of benzene rings is 2. The van der Waals surface area contributed by atoms with E-state index in [1.165, 1.54) is 16.9 Å². The number of halogens is 1. The second-order valence-electron chi connectivity index (χ2n) is 6.78. The molecule has 0 aliphatic carbocycles. The maximum absolute atomic E-state index is 13.0. The fraction of sp³-hybridized carbons (Fsp3) is 0.0909. The Labute approximate surface area is 169 Å². The third-order valence-electron chi connectivity index (χ3n) is 4.88. The molecular weight excluding hydrogens is 392 g/mol. The summed E-state index contributed by atoms with van der Waals surface area (Å²) in [7, 11) is 0. The Balaban J connectivity index is 1.62. The predicted molar refractivity (Wildman–Crippen MR) is 114 cm³/mol. The highest BCUT2D eigenvalue weighted by molar-refractivity contribution is 7.15. The number of aryl methyl sites for hydroxylation is 2. The van der Waals surface area contributed by atoms with Crippen LogP contribution in [0.1, 0.15) is 16.9 Å². The number of furan rings is 1. The average molecular weight is 407 g/mol. The van der Waals surface area contributed by atoms with Crippen LogP contribution in [0.15, 0.2) is 57.7 Å². The van der Waals surface area contributed by atoms with E-state index in [-0.39, 0.29) is 5.56 Å². The van der Waals surface area contributed by atoms with Crippen molar-refractivity contribution in [3.05, 3.63) is 85.3 Å². The van der Waals surface area contributed by atoms with Crippen molar-refractivity contribution in [1.29, 1.82) is 0 Å². The molecule has 6 heteroatoms. The first-order valence-corrected chi connectivity index (χ1v) is 9.99. The molecule has 0 aliphatic heterocycles. The number of hydrogen-bond donors (Lipinski definition) is 0. The van der Waals surface area contributed by atoms with E-state index >= 15 is 0 Å². The van der Waals surface area contributed by atoms with Crippen molar-refractivity contribution in [2.75, 3.05) is 0 Å². The summed E-state index contributed by atoms with van der Waals surface area (Å²) >= 11 is 7.31. The Morgan fingerprint density at radius 3 is 2.61 bits per heavy atom. The molecule has 0 aliphatic rings. The van der Waals surface area contributed by atoms with E-state index in [9.17, 15) is 4.79 Å². The van der Waals surface area contributed by atoms with Crippen LogP contribution in [0, 0.1) is 13.8 Å². The molecule has 138 valence electrons. The number of nitrogens with zero attached hydrogens (tertiary/aromatic N) is 2. The van der Waals surface area contributed by atoms with Gasteiger partial charge in [-0.3, -0.25) is 4.79 Å². The molecule has 0 amide bonds. The van der Waals surface area contributed by atoms with Gasteiger partial charge in [0.25, 0.3) is 5.56 Å². The van der Waals surface area contributed by atoms with Gasteiger partial charge in [-0.05, 0) is 73.5 Å². The Bertz CT molecular complexity index is 1460. The lowest BCUT2D eigenvalue weighted by Gasteiger charge is -1.98. The second-order valence-corrected chi connectivity index (χ2v) is 8.23. The molecule has 0 radical (unpaired) electrons. The first-order valence-electron chi connectivity index (χ1n) is 8.79. The Hall–Kier alpha value is -2.89. The van der Waals surface area contributed by atoms with E-state index < -0.39 is 0 Å². The molecule has 28 heavy (non-hydrogen) atoms. The molecule has 0 spiro atoms. The molecule has 0 atom stereocenters. The second kappa shape index (κ2) is 6.33. The van der Waals surface area contributed by atoms with Crippen molar-refractivity contribution < 1.29 is 4.42 Å². The number of thiazole rings is 1. The molecule has 5 rings (SSSR count). The number of aromatic nitrogens is 2. The minimum absolute atomic E-state index is 0.0739. The van der Waals surface area contributed by atoms with Crippen LogP contribution in [0.2, 0.25) is 5.02 Å². The number of imidazole rings is 1. The fourth-order valence-electron chi connectivity index (χ4n) is 3.25. The molecular formula is C22H15ClN2O2S. The lowest BCUT2D eigenvalue weighted by Crippen LogP contribution is -2.22. The summed E-state index contributed by atoms with van der Waals surface area (Å²) in [6.45, 7) is 4.09. The molecule has 4 nitrogen and oxygen atoms in total. The van der Waals surface area contributed by atoms with Gasteiger partial charge in [0.2, 0.25) is 0 Å².